The summed E-state index contributed by atoms with van der Waals surface area (Å²) in [5, 5.41) is 4.81. The largest absolute Gasteiger partial charge is 0.316 e. The van der Waals surface area contributed by atoms with E-state index >= 15 is 0 Å². The number of hydrogen-bond donors (Lipinski definition) is 1. The number of rotatable bonds is 6. The van der Waals surface area contributed by atoms with E-state index in [2.05, 4.69) is 68.3 Å². The lowest BCUT2D eigenvalue weighted by atomic mass is 9.88. The maximum Gasteiger partial charge on any atom is 0.0705 e. The summed E-state index contributed by atoms with van der Waals surface area (Å²) in [7, 11) is 0. The minimum Gasteiger partial charge on any atom is -0.316 e. The molecule has 0 saturated heterocycles. The molecule has 0 aliphatic heterocycles. The van der Waals surface area contributed by atoms with Gasteiger partial charge >= 0.3 is 0 Å². The van der Waals surface area contributed by atoms with Crippen molar-refractivity contribution >= 4 is 10.9 Å². The minimum absolute atomic E-state index is 0.551. The molecular weight excluding hydrogens is 256 g/mol. The zero-order valence-corrected chi connectivity index (χ0v) is 14.0. The van der Waals surface area contributed by atoms with Gasteiger partial charge in [0.05, 0.1) is 5.52 Å². The van der Waals surface area contributed by atoms with Crippen molar-refractivity contribution in [3.05, 3.63) is 41.6 Å². The second kappa shape index (κ2) is 7.04. The quantitative estimate of drug-likeness (QED) is 0.843. The summed E-state index contributed by atoms with van der Waals surface area (Å²) in [5.74, 6) is 1.89. The first-order valence-electron chi connectivity index (χ1n) is 8.05. The lowest BCUT2D eigenvalue weighted by Crippen LogP contribution is -2.27. The highest BCUT2D eigenvalue weighted by Gasteiger charge is 2.14. The SMILES string of the molecule is Cc1ccc2cc(C(C)C(C)CNCC(C)C)ccc2n1. The first kappa shape index (κ1) is 16.0. The maximum absolute atomic E-state index is 4.58. The Balaban J connectivity index is 2.08. The van der Waals surface area contributed by atoms with Gasteiger partial charge in [0.1, 0.15) is 0 Å². The monoisotopic (exact) mass is 284 g/mol. The summed E-state index contributed by atoms with van der Waals surface area (Å²) in [6, 6.07) is 11.0. The van der Waals surface area contributed by atoms with Gasteiger partial charge in [-0.25, -0.2) is 0 Å². The van der Waals surface area contributed by atoms with Crippen LogP contribution >= 0.6 is 0 Å². The second-order valence-electron chi connectivity index (χ2n) is 6.72. The average molecular weight is 284 g/mol. The van der Waals surface area contributed by atoms with Crippen LogP contribution in [0.3, 0.4) is 0 Å². The molecule has 0 aliphatic carbocycles. The number of aromatic nitrogens is 1. The Morgan fingerprint density at radius 2 is 1.76 bits per heavy atom. The predicted octanol–water partition coefficient (Wildman–Crippen LogP) is 4.53. The Morgan fingerprint density at radius 3 is 2.48 bits per heavy atom. The molecule has 114 valence electrons. The van der Waals surface area contributed by atoms with E-state index in [-0.39, 0.29) is 0 Å². The molecule has 21 heavy (non-hydrogen) atoms. The van der Waals surface area contributed by atoms with Crippen molar-refractivity contribution in [2.75, 3.05) is 13.1 Å². The van der Waals surface area contributed by atoms with Crippen LogP contribution in [0.15, 0.2) is 30.3 Å². The van der Waals surface area contributed by atoms with Gasteiger partial charge in [0.2, 0.25) is 0 Å². The van der Waals surface area contributed by atoms with E-state index in [4.69, 9.17) is 0 Å². The van der Waals surface area contributed by atoms with E-state index in [1.54, 1.807) is 0 Å². The van der Waals surface area contributed by atoms with E-state index < -0.39 is 0 Å². The number of aryl methyl sites for hydroxylation is 1. The molecule has 2 atom stereocenters. The highest BCUT2D eigenvalue weighted by Crippen LogP contribution is 2.26. The number of hydrogen-bond acceptors (Lipinski definition) is 2. The maximum atomic E-state index is 4.58. The fraction of sp³-hybridized carbons (Fsp3) is 0.526. The summed E-state index contributed by atoms with van der Waals surface area (Å²) in [6.07, 6.45) is 0. The van der Waals surface area contributed by atoms with Gasteiger partial charge in [-0.2, -0.15) is 0 Å². The smallest absolute Gasteiger partial charge is 0.0705 e. The van der Waals surface area contributed by atoms with Crippen LogP contribution in [0, 0.1) is 18.8 Å². The van der Waals surface area contributed by atoms with Crippen molar-refractivity contribution in [2.45, 2.75) is 40.5 Å². The van der Waals surface area contributed by atoms with Crippen molar-refractivity contribution in [3.8, 4) is 0 Å². The van der Waals surface area contributed by atoms with Gasteiger partial charge in [0, 0.05) is 11.1 Å². The third-order valence-corrected chi connectivity index (χ3v) is 4.25. The van der Waals surface area contributed by atoms with Crippen LogP contribution in [0.2, 0.25) is 0 Å². The van der Waals surface area contributed by atoms with Crippen LogP contribution in [-0.2, 0) is 0 Å². The van der Waals surface area contributed by atoms with Crippen molar-refractivity contribution < 1.29 is 0 Å². The third kappa shape index (κ3) is 4.28. The average Bonchev–Trinajstić information content (AvgIpc) is 2.45. The fourth-order valence-electron chi connectivity index (χ4n) is 2.63. The number of pyridine rings is 1. The molecule has 1 N–H and O–H groups in total. The Morgan fingerprint density at radius 1 is 1.00 bits per heavy atom. The zero-order valence-electron chi connectivity index (χ0n) is 14.0. The molecule has 0 saturated carbocycles. The third-order valence-electron chi connectivity index (χ3n) is 4.25. The lowest BCUT2D eigenvalue weighted by molar-refractivity contribution is 0.428. The van der Waals surface area contributed by atoms with E-state index in [9.17, 15) is 0 Å². The first-order chi connectivity index (χ1) is 9.97. The van der Waals surface area contributed by atoms with Gasteiger partial charge in [0.25, 0.3) is 0 Å². The number of fused-ring (bicyclic) bond motifs is 1. The van der Waals surface area contributed by atoms with Crippen molar-refractivity contribution in [1.29, 1.82) is 0 Å². The summed E-state index contributed by atoms with van der Waals surface area (Å²) in [5.41, 5.74) is 3.58. The molecule has 0 aliphatic rings. The van der Waals surface area contributed by atoms with Crippen molar-refractivity contribution in [3.63, 3.8) is 0 Å². The standard InChI is InChI=1S/C19H28N2/c1-13(2)11-20-12-14(3)16(5)17-8-9-19-18(10-17)7-6-15(4)21-19/h6-10,13-14,16,20H,11-12H2,1-5H3. The highest BCUT2D eigenvalue weighted by atomic mass is 14.9. The van der Waals surface area contributed by atoms with E-state index in [0.717, 1.165) is 24.3 Å². The lowest BCUT2D eigenvalue weighted by Gasteiger charge is -2.22. The topological polar surface area (TPSA) is 24.9 Å². The van der Waals surface area contributed by atoms with Crippen molar-refractivity contribution in [1.82, 2.24) is 10.3 Å². The van der Waals surface area contributed by atoms with Crippen LogP contribution in [-0.4, -0.2) is 18.1 Å². The van der Waals surface area contributed by atoms with Crippen LogP contribution < -0.4 is 5.32 Å². The van der Waals surface area contributed by atoms with Gasteiger partial charge in [-0.3, -0.25) is 4.98 Å². The van der Waals surface area contributed by atoms with E-state index in [1.165, 1.54) is 10.9 Å². The van der Waals surface area contributed by atoms with Crippen LogP contribution in [0.25, 0.3) is 10.9 Å². The van der Waals surface area contributed by atoms with Gasteiger partial charge < -0.3 is 5.32 Å². The molecule has 2 heteroatoms. The molecule has 0 amide bonds. The first-order valence-corrected chi connectivity index (χ1v) is 8.05. The Bertz CT molecular complexity index is 589. The fourth-order valence-corrected chi connectivity index (χ4v) is 2.63. The van der Waals surface area contributed by atoms with Crippen LogP contribution in [0.4, 0.5) is 0 Å². The number of benzene rings is 1. The van der Waals surface area contributed by atoms with Gasteiger partial charge in [-0.05, 0) is 61.5 Å². The molecule has 1 aromatic carbocycles. The molecule has 2 aromatic rings. The van der Waals surface area contributed by atoms with Gasteiger partial charge in [-0.15, -0.1) is 0 Å². The molecule has 0 spiro atoms. The Labute approximate surface area is 129 Å². The number of nitrogens with zero attached hydrogens (tertiary/aromatic N) is 1. The zero-order chi connectivity index (χ0) is 15.4. The summed E-state index contributed by atoms with van der Waals surface area (Å²) >= 11 is 0. The van der Waals surface area contributed by atoms with Gasteiger partial charge in [0.15, 0.2) is 0 Å². The normalized spacial score (nSPS) is 14.6. The van der Waals surface area contributed by atoms with Crippen LogP contribution in [0.1, 0.15) is 44.9 Å². The molecular formula is C19H28N2. The molecule has 0 fully saturated rings. The summed E-state index contributed by atoms with van der Waals surface area (Å²) in [4.78, 5) is 4.58. The van der Waals surface area contributed by atoms with Gasteiger partial charge in [-0.1, -0.05) is 39.8 Å². The summed E-state index contributed by atoms with van der Waals surface area (Å²) < 4.78 is 0. The minimum atomic E-state index is 0.551. The molecule has 2 unspecified atom stereocenters. The molecule has 1 aromatic heterocycles. The number of nitrogens with one attached hydrogen (secondary N) is 1. The van der Waals surface area contributed by atoms with E-state index in [0.29, 0.717) is 17.8 Å². The molecule has 1 heterocycles. The summed E-state index contributed by atoms with van der Waals surface area (Å²) in [6.45, 7) is 13.4. The Hall–Kier alpha value is -1.41. The van der Waals surface area contributed by atoms with E-state index in [1.807, 2.05) is 6.92 Å². The highest BCUT2D eigenvalue weighted by molar-refractivity contribution is 5.79. The molecule has 2 nitrogen and oxygen atoms in total. The predicted molar refractivity (Wildman–Crippen MR) is 91.8 cm³/mol. The molecule has 0 bridgehead atoms. The molecule has 0 radical (unpaired) electrons. The Kier molecular flexibility index (Phi) is 5.35. The van der Waals surface area contributed by atoms with Crippen molar-refractivity contribution in [2.24, 2.45) is 11.8 Å². The van der Waals surface area contributed by atoms with Crippen LogP contribution in [0.5, 0.6) is 0 Å². The molecule has 2 rings (SSSR count). The second-order valence-corrected chi connectivity index (χ2v) is 6.72.